The maximum atomic E-state index is 11.5. The average molecular weight is 220 g/mol. The first kappa shape index (κ1) is 11.0. The number of ether oxygens (including phenoxy) is 1. The minimum atomic E-state index is -0.0578. The summed E-state index contributed by atoms with van der Waals surface area (Å²) in [5, 5.41) is 6.12. The number of benzene rings is 1. The molecule has 1 saturated heterocycles. The van der Waals surface area contributed by atoms with Gasteiger partial charge in [-0.05, 0) is 25.1 Å². The Kier molecular flexibility index (Phi) is 3.77. The van der Waals surface area contributed by atoms with E-state index in [0.29, 0.717) is 0 Å². The van der Waals surface area contributed by atoms with Crippen LogP contribution in [0.4, 0.5) is 0 Å². The average Bonchev–Trinajstić information content (AvgIpc) is 2.81. The zero-order valence-electron chi connectivity index (χ0n) is 9.11. The Morgan fingerprint density at radius 1 is 1.44 bits per heavy atom. The van der Waals surface area contributed by atoms with Crippen LogP contribution in [0.1, 0.15) is 6.42 Å². The molecule has 4 heteroatoms. The third-order valence-corrected chi connectivity index (χ3v) is 2.54. The molecule has 0 saturated carbocycles. The Labute approximate surface area is 95.0 Å². The van der Waals surface area contributed by atoms with E-state index in [2.05, 4.69) is 10.6 Å². The fourth-order valence-corrected chi connectivity index (χ4v) is 1.71. The normalized spacial score (nSPS) is 19.4. The molecule has 1 fully saturated rings. The van der Waals surface area contributed by atoms with Crippen LogP contribution in [0.15, 0.2) is 30.3 Å². The minimum Gasteiger partial charge on any atom is -0.484 e. The first-order chi connectivity index (χ1) is 7.84. The molecule has 0 radical (unpaired) electrons. The number of carbonyl (C=O) groups is 1. The SMILES string of the molecule is O=C(COc1ccccc1)N[C@@H]1CCNC1. The predicted octanol–water partition coefficient (Wildman–Crippen LogP) is 0.543. The molecule has 1 aromatic carbocycles. The van der Waals surface area contributed by atoms with Crippen LogP contribution in [0.2, 0.25) is 0 Å². The second kappa shape index (κ2) is 5.51. The van der Waals surface area contributed by atoms with Gasteiger partial charge in [0.25, 0.3) is 5.91 Å². The van der Waals surface area contributed by atoms with Crippen molar-refractivity contribution in [2.75, 3.05) is 19.7 Å². The molecule has 2 N–H and O–H groups in total. The Morgan fingerprint density at radius 2 is 2.25 bits per heavy atom. The summed E-state index contributed by atoms with van der Waals surface area (Å²) < 4.78 is 5.35. The van der Waals surface area contributed by atoms with Crippen molar-refractivity contribution in [3.05, 3.63) is 30.3 Å². The van der Waals surface area contributed by atoms with Gasteiger partial charge in [0.1, 0.15) is 5.75 Å². The molecule has 1 amide bonds. The van der Waals surface area contributed by atoms with Crippen molar-refractivity contribution < 1.29 is 9.53 Å². The fourth-order valence-electron chi connectivity index (χ4n) is 1.71. The Balaban J connectivity index is 1.71. The summed E-state index contributed by atoms with van der Waals surface area (Å²) in [6.07, 6.45) is 0.997. The van der Waals surface area contributed by atoms with E-state index < -0.39 is 0 Å². The van der Waals surface area contributed by atoms with Gasteiger partial charge in [-0.1, -0.05) is 18.2 Å². The van der Waals surface area contributed by atoms with Crippen LogP contribution in [0.3, 0.4) is 0 Å². The summed E-state index contributed by atoms with van der Waals surface area (Å²) in [6, 6.07) is 9.61. The number of nitrogens with one attached hydrogen (secondary N) is 2. The monoisotopic (exact) mass is 220 g/mol. The highest BCUT2D eigenvalue weighted by molar-refractivity contribution is 5.77. The second-order valence-corrected chi connectivity index (χ2v) is 3.86. The van der Waals surface area contributed by atoms with Gasteiger partial charge in [0.15, 0.2) is 6.61 Å². The molecule has 1 aromatic rings. The molecule has 0 bridgehead atoms. The highest BCUT2D eigenvalue weighted by atomic mass is 16.5. The topological polar surface area (TPSA) is 50.4 Å². The van der Waals surface area contributed by atoms with Gasteiger partial charge in [-0.3, -0.25) is 4.79 Å². The van der Waals surface area contributed by atoms with Gasteiger partial charge >= 0.3 is 0 Å². The summed E-state index contributed by atoms with van der Waals surface area (Å²) in [5.41, 5.74) is 0. The third kappa shape index (κ3) is 3.24. The predicted molar refractivity (Wildman–Crippen MR) is 61.4 cm³/mol. The second-order valence-electron chi connectivity index (χ2n) is 3.86. The summed E-state index contributed by atoms with van der Waals surface area (Å²) >= 11 is 0. The Morgan fingerprint density at radius 3 is 2.94 bits per heavy atom. The number of hydrogen-bond donors (Lipinski definition) is 2. The molecular formula is C12H16N2O2. The van der Waals surface area contributed by atoms with Gasteiger partial charge in [-0.25, -0.2) is 0 Å². The van der Waals surface area contributed by atoms with E-state index in [0.717, 1.165) is 25.3 Å². The van der Waals surface area contributed by atoms with Crippen molar-refractivity contribution in [1.29, 1.82) is 0 Å². The summed E-state index contributed by atoms with van der Waals surface area (Å²) in [5.74, 6) is 0.666. The van der Waals surface area contributed by atoms with Crippen LogP contribution >= 0.6 is 0 Å². The highest BCUT2D eigenvalue weighted by Gasteiger charge is 2.16. The van der Waals surface area contributed by atoms with Crippen molar-refractivity contribution in [3.8, 4) is 5.75 Å². The molecule has 1 aliphatic rings. The first-order valence-electron chi connectivity index (χ1n) is 5.52. The van der Waals surface area contributed by atoms with E-state index in [1.165, 1.54) is 0 Å². The van der Waals surface area contributed by atoms with Crippen LogP contribution in [0.5, 0.6) is 5.75 Å². The van der Waals surface area contributed by atoms with Crippen LogP contribution in [-0.2, 0) is 4.79 Å². The van der Waals surface area contributed by atoms with Gasteiger partial charge in [-0.15, -0.1) is 0 Å². The molecule has 0 aliphatic carbocycles. The fraction of sp³-hybridized carbons (Fsp3) is 0.417. The minimum absolute atomic E-state index is 0.0578. The van der Waals surface area contributed by atoms with E-state index in [1.807, 2.05) is 30.3 Å². The van der Waals surface area contributed by atoms with Gasteiger partial charge in [0.05, 0.1) is 0 Å². The molecule has 86 valence electrons. The number of rotatable bonds is 4. The van der Waals surface area contributed by atoms with E-state index >= 15 is 0 Å². The van der Waals surface area contributed by atoms with Crippen molar-refractivity contribution in [1.82, 2.24) is 10.6 Å². The maximum absolute atomic E-state index is 11.5. The van der Waals surface area contributed by atoms with Crippen molar-refractivity contribution >= 4 is 5.91 Å². The number of para-hydroxylation sites is 1. The van der Waals surface area contributed by atoms with E-state index in [9.17, 15) is 4.79 Å². The largest absolute Gasteiger partial charge is 0.484 e. The zero-order valence-corrected chi connectivity index (χ0v) is 9.11. The Hall–Kier alpha value is -1.55. The third-order valence-electron chi connectivity index (χ3n) is 2.54. The van der Waals surface area contributed by atoms with E-state index in [-0.39, 0.29) is 18.6 Å². The number of hydrogen-bond acceptors (Lipinski definition) is 3. The molecule has 4 nitrogen and oxygen atoms in total. The smallest absolute Gasteiger partial charge is 0.258 e. The quantitative estimate of drug-likeness (QED) is 0.779. The maximum Gasteiger partial charge on any atom is 0.258 e. The molecule has 1 heterocycles. The van der Waals surface area contributed by atoms with E-state index in [1.54, 1.807) is 0 Å². The van der Waals surface area contributed by atoms with Crippen LogP contribution in [0, 0.1) is 0 Å². The number of carbonyl (C=O) groups excluding carboxylic acids is 1. The first-order valence-corrected chi connectivity index (χ1v) is 5.52. The van der Waals surface area contributed by atoms with Crippen LogP contribution in [-0.4, -0.2) is 31.6 Å². The lowest BCUT2D eigenvalue weighted by atomic mass is 10.2. The van der Waals surface area contributed by atoms with Crippen LogP contribution < -0.4 is 15.4 Å². The van der Waals surface area contributed by atoms with Gasteiger partial charge in [0, 0.05) is 12.6 Å². The van der Waals surface area contributed by atoms with Gasteiger partial charge in [0.2, 0.25) is 0 Å². The lowest BCUT2D eigenvalue weighted by Crippen LogP contribution is -2.39. The van der Waals surface area contributed by atoms with Crippen molar-refractivity contribution in [2.24, 2.45) is 0 Å². The standard InChI is InChI=1S/C12H16N2O2/c15-12(14-10-6-7-13-8-10)9-16-11-4-2-1-3-5-11/h1-5,10,13H,6-9H2,(H,14,15)/t10-/m1/s1. The molecular weight excluding hydrogens is 204 g/mol. The molecule has 2 rings (SSSR count). The molecule has 0 spiro atoms. The van der Waals surface area contributed by atoms with Gasteiger partial charge in [-0.2, -0.15) is 0 Å². The lowest BCUT2D eigenvalue weighted by Gasteiger charge is -2.11. The molecule has 16 heavy (non-hydrogen) atoms. The molecule has 0 unspecified atom stereocenters. The van der Waals surface area contributed by atoms with Crippen molar-refractivity contribution in [3.63, 3.8) is 0 Å². The lowest BCUT2D eigenvalue weighted by molar-refractivity contribution is -0.123. The number of amides is 1. The van der Waals surface area contributed by atoms with Crippen LogP contribution in [0.25, 0.3) is 0 Å². The molecule has 0 aromatic heterocycles. The van der Waals surface area contributed by atoms with Gasteiger partial charge < -0.3 is 15.4 Å². The Bertz CT molecular complexity index is 334. The zero-order chi connectivity index (χ0) is 11.2. The summed E-state index contributed by atoms with van der Waals surface area (Å²) in [6.45, 7) is 1.92. The molecule has 1 aliphatic heterocycles. The highest BCUT2D eigenvalue weighted by Crippen LogP contribution is 2.07. The summed E-state index contributed by atoms with van der Waals surface area (Å²) in [4.78, 5) is 11.5. The summed E-state index contributed by atoms with van der Waals surface area (Å²) in [7, 11) is 0. The molecule has 1 atom stereocenters. The van der Waals surface area contributed by atoms with E-state index in [4.69, 9.17) is 4.74 Å². The van der Waals surface area contributed by atoms with Crippen molar-refractivity contribution in [2.45, 2.75) is 12.5 Å².